The molecular formula is C26H27N3O3. The summed E-state index contributed by atoms with van der Waals surface area (Å²) in [5.41, 5.74) is 3.58. The number of aromatic nitrogens is 1. The molecule has 1 aliphatic rings. The quantitative estimate of drug-likeness (QED) is 0.650. The van der Waals surface area contributed by atoms with E-state index in [-0.39, 0.29) is 23.7 Å². The number of carbonyl (C=O) groups is 2. The number of pyridine rings is 1. The fraction of sp³-hybridized carbons (Fsp3) is 0.269. The van der Waals surface area contributed by atoms with Crippen molar-refractivity contribution in [1.29, 1.82) is 0 Å². The SMILES string of the molecule is COc1cccc(C(=O)N2CC(C(=O)NCc3ccccn3)C(c3ccc(C)cc3)C2)c1. The summed E-state index contributed by atoms with van der Waals surface area (Å²) in [6.45, 7) is 3.25. The zero-order chi connectivity index (χ0) is 22.5. The standard InChI is InChI=1S/C26H27N3O3/c1-18-9-11-19(12-10-18)23-16-29(26(31)20-6-5-8-22(14-20)32-2)17-24(23)25(30)28-15-21-7-3-4-13-27-21/h3-14,23-24H,15-17H2,1-2H3,(H,28,30). The highest BCUT2D eigenvalue weighted by atomic mass is 16.5. The first-order chi connectivity index (χ1) is 15.5. The van der Waals surface area contributed by atoms with Gasteiger partial charge in [-0.25, -0.2) is 0 Å². The van der Waals surface area contributed by atoms with Crippen LogP contribution in [0.1, 0.15) is 33.1 Å². The lowest BCUT2D eigenvalue weighted by molar-refractivity contribution is -0.125. The Bertz CT molecular complexity index is 1080. The molecule has 6 nitrogen and oxygen atoms in total. The van der Waals surface area contributed by atoms with E-state index in [0.29, 0.717) is 30.9 Å². The van der Waals surface area contributed by atoms with Crippen molar-refractivity contribution in [1.82, 2.24) is 15.2 Å². The lowest BCUT2D eigenvalue weighted by Crippen LogP contribution is -2.35. The number of hydrogen-bond acceptors (Lipinski definition) is 4. The van der Waals surface area contributed by atoms with Crippen LogP contribution >= 0.6 is 0 Å². The summed E-state index contributed by atoms with van der Waals surface area (Å²) >= 11 is 0. The number of methoxy groups -OCH3 is 1. The molecular weight excluding hydrogens is 402 g/mol. The van der Waals surface area contributed by atoms with E-state index in [2.05, 4.69) is 22.4 Å². The van der Waals surface area contributed by atoms with Crippen molar-refractivity contribution in [3.05, 3.63) is 95.3 Å². The number of nitrogens with one attached hydrogen (secondary N) is 1. The number of likely N-dealkylation sites (tertiary alicyclic amines) is 1. The number of carbonyl (C=O) groups excluding carboxylic acids is 2. The molecule has 3 aromatic rings. The molecule has 1 aromatic heterocycles. The van der Waals surface area contributed by atoms with Gasteiger partial charge in [-0.3, -0.25) is 14.6 Å². The highest BCUT2D eigenvalue weighted by Gasteiger charge is 2.40. The molecule has 2 amide bonds. The van der Waals surface area contributed by atoms with E-state index in [1.165, 1.54) is 0 Å². The van der Waals surface area contributed by atoms with Crippen molar-refractivity contribution in [3.8, 4) is 5.75 Å². The van der Waals surface area contributed by atoms with Crippen molar-refractivity contribution in [2.45, 2.75) is 19.4 Å². The summed E-state index contributed by atoms with van der Waals surface area (Å²) in [4.78, 5) is 32.4. The molecule has 0 bridgehead atoms. The zero-order valence-electron chi connectivity index (χ0n) is 18.3. The minimum atomic E-state index is -0.337. The molecule has 2 heterocycles. The maximum absolute atomic E-state index is 13.2. The van der Waals surface area contributed by atoms with E-state index < -0.39 is 0 Å². The van der Waals surface area contributed by atoms with Gasteiger partial charge in [0.15, 0.2) is 0 Å². The predicted molar refractivity (Wildman–Crippen MR) is 122 cm³/mol. The van der Waals surface area contributed by atoms with E-state index in [1.807, 2.05) is 43.3 Å². The number of nitrogens with zero attached hydrogens (tertiary/aromatic N) is 2. The summed E-state index contributed by atoms with van der Waals surface area (Å²) in [6, 6.07) is 20.9. The van der Waals surface area contributed by atoms with Gasteiger partial charge in [0.05, 0.1) is 25.3 Å². The molecule has 1 fully saturated rings. The third kappa shape index (κ3) is 4.80. The second kappa shape index (κ2) is 9.64. The Morgan fingerprint density at radius 1 is 1.06 bits per heavy atom. The van der Waals surface area contributed by atoms with Crippen LogP contribution in [0.5, 0.6) is 5.75 Å². The lowest BCUT2D eigenvalue weighted by Gasteiger charge is -2.18. The highest BCUT2D eigenvalue weighted by molar-refractivity contribution is 5.95. The van der Waals surface area contributed by atoms with Crippen LogP contribution in [0.2, 0.25) is 0 Å². The van der Waals surface area contributed by atoms with Gasteiger partial charge in [-0.2, -0.15) is 0 Å². The third-order valence-corrected chi connectivity index (χ3v) is 5.94. The maximum Gasteiger partial charge on any atom is 0.254 e. The number of aryl methyl sites for hydroxylation is 1. The first-order valence-corrected chi connectivity index (χ1v) is 10.7. The second-order valence-electron chi connectivity index (χ2n) is 8.10. The molecule has 164 valence electrons. The van der Waals surface area contributed by atoms with Crippen molar-refractivity contribution in [2.24, 2.45) is 5.92 Å². The molecule has 1 aliphatic heterocycles. The summed E-state index contributed by atoms with van der Waals surface area (Å²) in [5, 5.41) is 3.01. The number of rotatable bonds is 6. The molecule has 1 N–H and O–H groups in total. The van der Waals surface area contributed by atoms with E-state index >= 15 is 0 Å². The van der Waals surface area contributed by atoms with Crippen molar-refractivity contribution in [3.63, 3.8) is 0 Å². The largest absolute Gasteiger partial charge is 0.497 e. The topological polar surface area (TPSA) is 71.5 Å². The van der Waals surface area contributed by atoms with Crippen LogP contribution in [0.15, 0.2) is 72.9 Å². The molecule has 0 radical (unpaired) electrons. The molecule has 2 aromatic carbocycles. The first kappa shape index (κ1) is 21.6. The van der Waals surface area contributed by atoms with Gasteiger partial charge < -0.3 is 15.0 Å². The van der Waals surface area contributed by atoms with Crippen LogP contribution in [-0.4, -0.2) is 41.9 Å². The molecule has 2 atom stereocenters. The van der Waals surface area contributed by atoms with Gasteiger partial charge in [0, 0.05) is 30.8 Å². The monoisotopic (exact) mass is 429 g/mol. The number of hydrogen-bond donors (Lipinski definition) is 1. The summed E-state index contributed by atoms with van der Waals surface area (Å²) in [6.07, 6.45) is 1.71. The van der Waals surface area contributed by atoms with Crippen LogP contribution < -0.4 is 10.1 Å². The van der Waals surface area contributed by atoms with E-state index in [1.54, 1.807) is 36.4 Å². The van der Waals surface area contributed by atoms with E-state index in [9.17, 15) is 9.59 Å². The van der Waals surface area contributed by atoms with Crippen molar-refractivity contribution < 1.29 is 14.3 Å². The average Bonchev–Trinajstić information content (AvgIpc) is 3.29. The summed E-state index contributed by atoms with van der Waals surface area (Å²) in [5.74, 6) is 0.0582. The highest BCUT2D eigenvalue weighted by Crippen LogP contribution is 2.34. The van der Waals surface area contributed by atoms with E-state index in [4.69, 9.17) is 4.74 Å². The van der Waals surface area contributed by atoms with Crippen LogP contribution in [0.4, 0.5) is 0 Å². The van der Waals surface area contributed by atoms with Gasteiger partial charge in [0.1, 0.15) is 5.75 Å². The Morgan fingerprint density at radius 2 is 1.88 bits per heavy atom. The fourth-order valence-electron chi connectivity index (χ4n) is 4.14. The van der Waals surface area contributed by atoms with Crippen LogP contribution in [-0.2, 0) is 11.3 Å². The minimum absolute atomic E-state index is 0.0674. The Kier molecular flexibility index (Phi) is 6.50. The normalized spacial score (nSPS) is 17.8. The number of ether oxygens (including phenoxy) is 1. The molecule has 32 heavy (non-hydrogen) atoms. The maximum atomic E-state index is 13.2. The summed E-state index contributed by atoms with van der Waals surface area (Å²) < 4.78 is 5.26. The molecule has 4 rings (SSSR count). The van der Waals surface area contributed by atoms with Crippen LogP contribution in [0, 0.1) is 12.8 Å². The molecule has 1 saturated heterocycles. The number of amides is 2. The Hall–Kier alpha value is -3.67. The Balaban J connectivity index is 1.55. The van der Waals surface area contributed by atoms with Gasteiger partial charge in [-0.15, -0.1) is 0 Å². The lowest BCUT2D eigenvalue weighted by atomic mass is 9.88. The van der Waals surface area contributed by atoms with Crippen molar-refractivity contribution >= 4 is 11.8 Å². The van der Waals surface area contributed by atoms with Gasteiger partial charge in [0.25, 0.3) is 5.91 Å². The predicted octanol–water partition coefficient (Wildman–Crippen LogP) is 3.57. The zero-order valence-corrected chi connectivity index (χ0v) is 18.3. The van der Waals surface area contributed by atoms with Crippen LogP contribution in [0.3, 0.4) is 0 Å². The Labute approximate surface area is 188 Å². The van der Waals surface area contributed by atoms with Gasteiger partial charge in [0.2, 0.25) is 5.91 Å². The third-order valence-electron chi connectivity index (χ3n) is 5.94. The summed E-state index contributed by atoms with van der Waals surface area (Å²) in [7, 11) is 1.58. The Morgan fingerprint density at radius 3 is 2.59 bits per heavy atom. The van der Waals surface area contributed by atoms with Gasteiger partial charge in [-0.1, -0.05) is 42.0 Å². The van der Waals surface area contributed by atoms with Crippen molar-refractivity contribution in [2.75, 3.05) is 20.2 Å². The second-order valence-corrected chi connectivity index (χ2v) is 8.10. The van der Waals surface area contributed by atoms with Gasteiger partial charge >= 0.3 is 0 Å². The fourth-order valence-corrected chi connectivity index (χ4v) is 4.14. The van der Waals surface area contributed by atoms with E-state index in [0.717, 1.165) is 16.8 Å². The first-order valence-electron chi connectivity index (χ1n) is 10.7. The van der Waals surface area contributed by atoms with Gasteiger partial charge in [-0.05, 0) is 42.8 Å². The molecule has 0 saturated carbocycles. The number of benzene rings is 2. The molecule has 0 spiro atoms. The van der Waals surface area contributed by atoms with Crippen LogP contribution in [0.25, 0.3) is 0 Å². The molecule has 6 heteroatoms. The average molecular weight is 430 g/mol. The smallest absolute Gasteiger partial charge is 0.254 e. The molecule has 0 aliphatic carbocycles. The minimum Gasteiger partial charge on any atom is -0.497 e. The molecule has 2 unspecified atom stereocenters.